The van der Waals surface area contributed by atoms with Crippen molar-refractivity contribution in [1.82, 2.24) is 4.57 Å². The molecule has 2 aromatic rings. The second-order valence-corrected chi connectivity index (χ2v) is 5.81. The van der Waals surface area contributed by atoms with E-state index in [4.69, 9.17) is 4.74 Å². The van der Waals surface area contributed by atoms with Crippen LogP contribution in [0.1, 0.15) is 36.2 Å². The molecule has 0 saturated heterocycles. The highest BCUT2D eigenvalue weighted by atomic mass is 79.9. The van der Waals surface area contributed by atoms with E-state index in [-0.39, 0.29) is 17.6 Å². The summed E-state index contributed by atoms with van der Waals surface area (Å²) in [4.78, 5) is 24.3. The van der Waals surface area contributed by atoms with Gasteiger partial charge in [-0.3, -0.25) is 4.79 Å². The maximum absolute atomic E-state index is 12.4. The number of hydrogen-bond donors (Lipinski definition) is 0. The van der Waals surface area contributed by atoms with E-state index in [1.807, 2.05) is 16.7 Å². The lowest BCUT2D eigenvalue weighted by atomic mass is 10.1. The van der Waals surface area contributed by atoms with Crippen molar-refractivity contribution < 1.29 is 9.53 Å². The molecular formula is C15H14BrNO3. The number of halogens is 1. The van der Waals surface area contributed by atoms with Crippen LogP contribution < -0.4 is 5.43 Å². The van der Waals surface area contributed by atoms with E-state index in [1.54, 1.807) is 19.2 Å². The first-order chi connectivity index (χ1) is 9.61. The van der Waals surface area contributed by atoms with Gasteiger partial charge in [0.15, 0.2) is 0 Å². The van der Waals surface area contributed by atoms with Crippen LogP contribution in [0.15, 0.2) is 33.7 Å². The monoisotopic (exact) mass is 335 g/mol. The Morgan fingerprint density at radius 3 is 2.85 bits per heavy atom. The van der Waals surface area contributed by atoms with Gasteiger partial charge < -0.3 is 9.30 Å². The van der Waals surface area contributed by atoms with Gasteiger partial charge in [-0.25, -0.2) is 4.79 Å². The summed E-state index contributed by atoms with van der Waals surface area (Å²) in [5.74, 6) is -0.545. The predicted octanol–water partition coefficient (Wildman–Crippen LogP) is 3.28. The number of rotatable bonds is 3. The highest BCUT2D eigenvalue weighted by molar-refractivity contribution is 9.10. The van der Waals surface area contributed by atoms with Crippen LogP contribution in [0, 0.1) is 0 Å². The molecule has 1 aromatic carbocycles. The third-order valence-corrected chi connectivity index (χ3v) is 3.92. The Balaban J connectivity index is 2.28. The van der Waals surface area contributed by atoms with Crippen LogP contribution in [0.4, 0.5) is 0 Å². The number of esters is 1. The molecule has 4 nitrogen and oxygen atoms in total. The molecule has 1 aliphatic carbocycles. The van der Waals surface area contributed by atoms with Gasteiger partial charge in [0.2, 0.25) is 5.43 Å². The van der Waals surface area contributed by atoms with Crippen molar-refractivity contribution >= 4 is 32.8 Å². The maximum atomic E-state index is 12.4. The van der Waals surface area contributed by atoms with Crippen LogP contribution in [0.25, 0.3) is 10.9 Å². The molecule has 3 rings (SSSR count). The lowest BCUT2D eigenvalue weighted by Gasteiger charge is -2.12. The topological polar surface area (TPSA) is 48.3 Å². The zero-order chi connectivity index (χ0) is 14.3. The maximum Gasteiger partial charge on any atom is 0.343 e. The van der Waals surface area contributed by atoms with Gasteiger partial charge in [0.05, 0.1) is 12.1 Å². The van der Waals surface area contributed by atoms with Crippen molar-refractivity contribution in [3.8, 4) is 0 Å². The predicted molar refractivity (Wildman–Crippen MR) is 80.1 cm³/mol. The van der Waals surface area contributed by atoms with Crippen LogP contribution in [-0.4, -0.2) is 17.1 Å². The van der Waals surface area contributed by atoms with E-state index in [9.17, 15) is 9.59 Å². The molecule has 0 unspecified atom stereocenters. The molecule has 0 spiro atoms. The standard InChI is InChI=1S/C15H14BrNO3/c1-2-20-15(19)12-8-17(10-4-5-10)13-7-9(16)3-6-11(13)14(12)18/h3,6-8,10H,2,4-5H2,1H3. The molecule has 0 aliphatic heterocycles. The Morgan fingerprint density at radius 1 is 1.45 bits per heavy atom. The largest absolute Gasteiger partial charge is 0.462 e. The lowest BCUT2D eigenvalue weighted by Crippen LogP contribution is -2.20. The number of ether oxygens (including phenoxy) is 1. The van der Waals surface area contributed by atoms with Crippen molar-refractivity contribution in [3.63, 3.8) is 0 Å². The molecule has 0 N–H and O–H groups in total. The normalized spacial score (nSPS) is 14.5. The van der Waals surface area contributed by atoms with Crippen molar-refractivity contribution in [3.05, 3.63) is 44.7 Å². The minimum absolute atomic E-state index is 0.119. The molecule has 20 heavy (non-hydrogen) atoms. The Labute approximate surface area is 124 Å². The summed E-state index contributed by atoms with van der Waals surface area (Å²) in [5.41, 5.74) is 0.719. The molecule has 5 heteroatoms. The molecule has 1 aliphatic rings. The first-order valence-electron chi connectivity index (χ1n) is 6.63. The van der Waals surface area contributed by atoms with E-state index in [1.165, 1.54) is 0 Å². The number of fused-ring (bicyclic) bond motifs is 1. The summed E-state index contributed by atoms with van der Waals surface area (Å²) in [5, 5.41) is 0.561. The van der Waals surface area contributed by atoms with Gasteiger partial charge in [-0.2, -0.15) is 0 Å². The van der Waals surface area contributed by atoms with Gasteiger partial charge >= 0.3 is 5.97 Å². The van der Waals surface area contributed by atoms with Crippen molar-refractivity contribution in [2.75, 3.05) is 6.61 Å². The Bertz CT molecular complexity index is 747. The van der Waals surface area contributed by atoms with Gasteiger partial charge in [-0.15, -0.1) is 0 Å². The number of hydrogen-bond acceptors (Lipinski definition) is 3. The van der Waals surface area contributed by atoms with E-state index in [0.717, 1.165) is 22.8 Å². The SMILES string of the molecule is CCOC(=O)c1cn(C2CC2)c2cc(Br)ccc2c1=O. The van der Waals surface area contributed by atoms with Crippen LogP contribution >= 0.6 is 15.9 Å². The summed E-state index contributed by atoms with van der Waals surface area (Å²) >= 11 is 3.43. The Morgan fingerprint density at radius 2 is 2.20 bits per heavy atom. The van der Waals surface area contributed by atoms with Gasteiger partial charge in [0, 0.05) is 22.1 Å². The van der Waals surface area contributed by atoms with Gasteiger partial charge in [-0.1, -0.05) is 15.9 Å². The molecule has 1 saturated carbocycles. The average molecular weight is 336 g/mol. The Hall–Kier alpha value is -1.62. The van der Waals surface area contributed by atoms with E-state index >= 15 is 0 Å². The summed E-state index contributed by atoms with van der Waals surface area (Å²) in [6.45, 7) is 2.00. The zero-order valence-corrected chi connectivity index (χ0v) is 12.6. The fourth-order valence-electron chi connectivity index (χ4n) is 2.33. The molecule has 0 amide bonds. The van der Waals surface area contributed by atoms with E-state index < -0.39 is 5.97 Å². The molecular weight excluding hydrogens is 322 g/mol. The fourth-order valence-corrected chi connectivity index (χ4v) is 2.68. The number of aromatic nitrogens is 1. The van der Waals surface area contributed by atoms with E-state index in [0.29, 0.717) is 11.4 Å². The van der Waals surface area contributed by atoms with Crippen LogP contribution in [0.5, 0.6) is 0 Å². The second-order valence-electron chi connectivity index (χ2n) is 4.89. The molecule has 1 fully saturated rings. The summed E-state index contributed by atoms with van der Waals surface area (Å²) in [7, 11) is 0. The van der Waals surface area contributed by atoms with E-state index in [2.05, 4.69) is 15.9 Å². The van der Waals surface area contributed by atoms with Gasteiger partial charge in [0.25, 0.3) is 0 Å². The zero-order valence-electron chi connectivity index (χ0n) is 11.1. The Kier molecular flexibility index (Phi) is 3.38. The van der Waals surface area contributed by atoms with Crippen LogP contribution in [-0.2, 0) is 4.74 Å². The number of carbonyl (C=O) groups is 1. The first kappa shape index (κ1) is 13.4. The fraction of sp³-hybridized carbons (Fsp3) is 0.333. The first-order valence-corrected chi connectivity index (χ1v) is 7.42. The molecule has 0 radical (unpaired) electrons. The average Bonchev–Trinajstić information content (AvgIpc) is 3.23. The highest BCUT2D eigenvalue weighted by Gasteiger charge is 2.27. The van der Waals surface area contributed by atoms with Crippen molar-refractivity contribution in [2.24, 2.45) is 0 Å². The van der Waals surface area contributed by atoms with Crippen LogP contribution in [0.3, 0.4) is 0 Å². The third kappa shape index (κ3) is 2.26. The molecule has 104 valence electrons. The van der Waals surface area contributed by atoms with Crippen LogP contribution in [0.2, 0.25) is 0 Å². The number of benzene rings is 1. The lowest BCUT2D eigenvalue weighted by molar-refractivity contribution is 0.0524. The quantitative estimate of drug-likeness (QED) is 0.809. The smallest absolute Gasteiger partial charge is 0.343 e. The minimum atomic E-state index is -0.545. The minimum Gasteiger partial charge on any atom is -0.462 e. The van der Waals surface area contributed by atoms with Gasteiger partial charge in [0.1, 0.15) is 5.56 Å². The number of nitrogens with zero attached hydrogens (tertiary/aromatic N) is 1. The molecule has 0 atom stereocenters. The van der Waals surface area contributed by atoms with Crippen molar-refractivity contribution in [1.29, 1.82) is 0 Å². The number of pyridine rings is 1. The highest BCUT2D eigenvalue weighted by Crippen LogP contribution is 2.37. The summed E-state index contributed by atoms with van der Waals surface area (Å²) < 4.78 is 7.92. The van der Waals surface area contributed by atoms with Crippen molar-refractivity contribution in [2.45, 2.75) is 25.8 Å². The second kappa shape index (κ2) is 5.05. The summed E-state index contributed by atoms with van der Waals surface area (Å²) in [6, 6.07) is 5.86. The summed E-state index contributed by atoms with van der Waals surface area (Å²) in [6.07, 6.45) is 3.80. The van der Waals surface area contributed by atoms with Gasteiger partial charge in [-0.05, 0) is 38.0 Å². The molecule has 1 heterocycles. The number of carbonyl (C=O) groups excluding carboxylic acids is 1. The molecule has 0 bridgehead atoms. The third-order valence-electron chi connectivity index (χ3n) is 3.43. The molecule has 1 aromatic heterocycles.